The van der Waals surface area contributed by atoms with Crippen LogP contribution in [0.15, 0.2) is 65.8 Å². The Morgan fingerprint density at radius 1 is 0.971 bits per heavy atom. The number of hydrazone groups is 1. The molecule has 172 valence electrons. The molecule has 0 aliphatic carbocycles. The molecule has 0 bridgehead atoms. The summed E-state index contributed by atoms with van der Waals surface area (Å²) in [7, 11) is 4.81. The second kappa shape index (κ2) is 7.41. The number of benzene rings is 3. The largest absolute Gasteiger partial charge is 0.493 e. The molecule has 34 heavy (non-hydrogen) atoms. The zero-order valence-electron chi connectivity index (χ0n) is 19.0. The average molecular weight is 457 g/mol. The molecule has 0 saturated heterocycles. The Bertz CT molecular complexity index is 1350. The Balaban J connectivity index is 1.55. The molecule has 0 fully saturated rings. The molecule has 0 aromatic heterocycles. The van der Waals surface area contributed by atoms with E-state index in [-0.39, 0.29) is 11.9 Å². The van der Waals surface area contributed by atoms with Crippen LogP contribution < -0.4 is 24.3 Å². The number of para-hydroxylation sites is 2. The van der Waals surface area contributed by atoms with Gasteiger partial charge in [-0.25, -0.2) is 5.01 Å². The van der Waals surface area contributed by atoms with Gasteiger partial charge >= 0.3 is 5.72 Å². The summed E-state index contributed by atoms with van der Waals surface area (Å²) in [5.74, 6) is 2.11. The fraction of sp³-hybridized carbons (Fsp3) is 0.231. The highest BCUT2D eigenvalue weighted by atomic mass is 16.6. The molecule has 2 atom stereocenters. The van der Waals surface area contributed by atoms with E-state index in [1.54, 1.807) is 26.3 Å². The molecule has 3 heterocycles. The lowest BCUT2D eigenvalue weighted by molar-refractivity contribution is -0.161. The summed E-state index contributed by atoms with van der Waals surface area (Å²) in [5.41, 5.74) is 2.61. The Morgan fingerprint density at radius 3 is 2.56 bits per heavy atom. The van der Waals surface area contributed by atoms with Crippen LogP contribution in [0.2, 0.25) is 0 Å². The standard InChI is InChI=1S/C26H23N3O5/c1-31-21-12-11-15(13-23(21)33-3)19-14-20-16-7-6-10-22(32-2)24(16)34-26(29(20)28-19)17-8-4-5-9-18(17)27-25(26)30/h4-13,20H,14H2,1-3H3,(H,27,30)/t20-,26+/m1/s1. The van der Waals surface area contributed by atoms with Crippen LogP contribution in [-0.2, 0) is 10.5 Å². The average Bonchev–Trinajstić information content (AvgIpc) is 3.44. The van der Waals surface area contributed by atoms with E-state index in [9.17, 15) is 4.79 Å². The van der Waals surface area contributed by atoms with Gasteiger partial charge in [0.25, 0.3) is 5.91 Å². The van der Waals surface area contributed by atoms with Crippen LogP contribution in [0.1, 0.15) is 29.2 Å². The summed E-state index contributed by atoms with van der Waals surface area (Å²) in [6, 6.07) is 18.8. The van der Waals surface area contributed by atoms with Crippen LogP contribution in [0.25, 0.3) is 0 Å². The molecule has 0 unspecified atom stereocenters. The van der Waals surface area contributed by atoms with E-state index in [0.717, 1.165) is 22.4 Å². The maximum absolute atomic E-state index is 13.6. The predicted molar refractivity (Wildman–Crippen MR) is 126 cm³/mol. The third-order valence-corrected chi connectivity index (χ3v) is 6.64. The van der Waals surface area contributed by atoms with Crippen molar-refractivity contribution in [3.8, 4) is 23.0 Å². The first-order valence-electron chi connectivity index (χ1n) is 11.0. The Kier molecular flexibility index (Phi) is 4.45. The second-order valence-corrected chi connectivity index (χ2v) is 8.31. The van der Waals surface area contributed by atoms with Crippen LogP contribution >= 0.6 is 0 Å². The van der Waals surface area contributed by atoms with Crippen LogP contribution in [-0.4, -0.2) is 38.0 Å². The number of hydrogen-bond acceptors (Lipinski definition) is 7. The second-order valence-electron chi connectivity index (χ2n) is 8.31. The number of anilines is 1. The van der Waals surface area contributed by atoms with Gasteiger partial charge in [-0.2, -0.15) is 5.10 Å². The van der Waals surface area contributed by atoms with Crippen molar-refractivity contribution in [2.75, 3.05) is 26.6 Å². The number of amides is 1. The van der Waals surface area contributed by atoms with Crippen LogP contribution in [0, 0.1) is 0 Å². The minimum absolute atomic E-state index is 0.223. The van der Waals surface area contributed by atoms with Gasteiger partial charge in [-0.3, -0.25) is 4.79 Å². The molecular weight excluding hydrogens is 434 g/mol. The van der Waals surface area contributed by atoms with Crippen LogP contribution in [0.5, 0.6) is 23.0 Å². The normalized spacial score (nSPS) is 21.7. The molecule has 1 N–H and O–H groups in total. The van der Waals surface area contributed by atoms with Crippen molar-refractivity contribution in [3.05, 3.63) is 77.4 Å². The van der Waals surface area contributed by atoms with Crippen molar-refractivity contribution in [2.24, 2.45) is 5.10 Å². The quantitative estimate of drug-likeness (QED) is 0.636. The van der Waals surface area contributed by atoms with E-state index in [2.05, 4.69) is 5.32 Å². The number of nitrogens with one attached hydrogen (secondary N) is 1. The van der Waals surface area contributed by atoms with E-state index >= 15 is 0 Å². The number of methoxy groups -OCH3 is 3. The maximum Gasteiger partial charge on any atom is 0.306 e. The summed E-state index contributed by atoms with van der Waals surface area (Å²) in [5, 5.41) is 9.75. The maximum atomic E-state index is 13.6. The molecule has 3 aliphatic heterocycles. The van der Waals surface area contributed by atoms with Gasteiger partial charge in [0.05, 0.1) is 44.3 Å². The smallest absolute Gasteiger partial charge is 0.306 e. The van der Waals surface area contributed by atoms with Gasteiger partial charge in [-0.1, -0.05) is 30.3 Å². The number of fused-ring (bicyclic) bond motifs is 6. The Labute approximate surface area is 196 Å². The van der Waals surface area contributed by atoms with E-state index in [0.29, 0.717) is 35.1 Å². The lowest BCUT2D eigenvalue weighted by Crippen LogP contribution is -2.55. The molecule has 3 aliphatic rings. The molecular formula is C26H23N3O5. The van der Waals surface area contributed by atoms with Gasteiger partial charge < -0.3 is 24.3 Å². The topological polar surface area (TPSA) is 81.6 Å². The van der Waals surface area contributed by atoms with Gasteiger partial charge in [-0.05, 0) is 30.3 Å². The highest BCUT2D eigenvalue weighted by Gasteiger charge is 2.61. The third kappa shape index (κ3) is 2.65. The Morgan fingerprint density at radius 2 is 1.76 bits per heavy atom. The first kappa shape index (κ1) is 20.4. The van der Waals surface area contributed by atoms with Gasteiger partial charge in [0.1, 0.15) is 0 Å². The summed E-state index contributed by atoms with van der Waals surface area (Å²) < 4.78 is 23.1. The molecule has 8 nitrogen and oxygen atoms in total. The van der Waals surface area contributed by atoms with Gasteiger partial charge in [-0.15, -0.1) is 0 Å². The number of carbonyl (C=O) groups is 1. The SMILES string of the molecule is COc1ccc(C2=NN3[C@H](C2)c2cccc(OC)c2O[C@@]32C(=O)Nc3ccccc32)cc1OC. The highest BCUT2D eigenvalue weighted by Crippen LogP contribution is 2.56. The predicted octanol–water partition coefficient (Wildman–Crippen LogP) is 4.06. The molecule has 0 saturated carbocycles. The van der Waals surface area contributed by atoms with Gasteiger partial charge in [0.2, 0.25) is 0 Å². The van der Waals surface area contributed by atoms with E-state index in [1.807, 2.05) is 60.7 Å². The van der Waals surface area contributed by atoms with Gasteiger partial charge in [0, 0.05) is 17.5 Å². The van der Waals surface area contributed by atoms with E-state index in [1.165, 1.54) is 0 Å². The van der Waals surface area contributed by atoms with Crippen molar-refractivity contribution in [1.29, 1.82) is 0 Å². The molecule has 3 aromatic rings. The first-order chi connectivity index (χ1) is 16.6. The summed E-state index contributed by atoms with van der Waals surface area (Å²) in [4.78, 5) is 13.6. The zero-order chi connectivity index (χ0) is 23.4. The molecule has 1 amide bonds. The van der Waals surface area contributed by atoms with Crippen LogP contribution in [0.3, 0.4) is 0 Å². The summed E-state index contributed by atoms with van der Waals surface area (Å²) >= 11 is 0. The van der Waals surface area contributed by atoms with E-state index in [4.69, 9.17) is 24.0 Å². The van der Waals surface area contributed by atoms with Crippen molar-refractivity contribution in [3.63, 3.8) is 0 Å². The van der Waals surface area contributed by atoms with Crippen molar-refractivity contribution in [1.82, 2.24) is 5.01 Å². The van der Waals surface area contributed by atoms with Crippen molar-refractivity contribution < 1.29 is 23.7 Å². The van der Waals surface area contributed by atoms with Crippen molar-refractivity contribution in [2.45, 2.75) is 18.2 Å². The number of ether oxygens (including phenoxy) is 4. The lowest BCUT2D eigenvalue weighted by Gasteiger charge is -2.44. The molecule has 6 rings (SSSR count). The Hall–Kier alpha value is -4.20. The van der Waals surface area contributed by atoms with Crippen LogP contribution in [0.4, 0.5) is 5.69 Å². The highest BCUT2D eigenvalue weighted by molar-refractivity contribution is 6.07. The monoisotopic (exact) mass is 457 g/mol. The zero-order valence-corrected chi connectivity index (χ0v) is 19.0. The number of nitrogens with zero attached hydrogens (tertiary/aromatic N) is 2. The molecule has 8 heteroatoms. The molecule has 3 aromatic carbocycles. The van der Waals surface area contributed by atoms with Crippen molar-refractivity contribution >= 4 is 17.3 Å². The number of hydrogen-bond donors (Lipinski definition) is 1. The molecule has 0 radical (unpaired) electrons. The fourth-order valence-corrected chi connectivity index (χ4v) is 5.04. The lowest BCUT2D eigenvalue weighted by atomic mass is 9.92. The fourth-order valence-electron chi connectivity index (χ4n) is 5.04. The minimum atomic E-state index is -1.44. The van der Waals surface area contributed by atoms with Gasteiger partial charge in [0.15, 0.2) is 23.0 Å². The number of carbonyl (C=O) groups excluding carboxylic acids is 1. The first-order valence-corrected chi connectivity index (χ1v) is 11.0. The summed E-state index contributed by atoms with van der Waals surface area (Å²) in [6.07, 6.45) is 0.580. The third-order valence-electron chi connectivity index (χ3n) is 6.64. The van der Waals surface area contributed by atoms with E-state index < -0.39 is 5.72 Å². The summed E-state index contributed by atoms with van der Waals surface area (Å²) in [6.45, 7) is 0. The number of rotatable bonds is 4. The minimum Gasteiger partial charge on any atom is -0.493 e. The molecule has 1 spiro atoms.